The molecule has 0 atom stereocenters. The molecule has 0 aliphatic heterocycles. The number of ether oxygens (including phenoxy) is 1. The van der Waals surface area contributed by atoms with Crippen LogP contribution >= 0.6 is 12.2 Å². The zero-order valence-corrected chi connectivity index (χ0v) is 13.4. The quantitative estimate of drug-likeness (QED) is 0.505. The monoisotopic (exact) mass is 314 g/mol. The van der Waals surface area contributed by atoms with E-state index in [-0.39, 0.29) is 0 Å². The molecule has 1 aromatic carbocycles. The molecule has 0 unspecified atom stereocenters. The van der Waals surface area contributed by atoms with E-state index in [1.165, 1.54) is 5.56 Å². The molecule has 2 aromatic rings. The summed E-state index contributed by atoms with van der Waals surface area (Å²) in [5.41, 5.74) is 5.59. The zero-order chi connectivity index (χ0) is 15.8. The number of methoxy groups -OCH3 is 1. The van der Waals surface area contributed by atoms with Crippen molar-refractivity contribution in [2.45, 2.75) is 13.3 Å². The first-order valence-corrected chi connectivity index (χ1v) is 7.31. The largest absolute Gasteiger partial charge is 0.497 e. The van der Waals surface area contributed by atoms with Crippen LogP contribution in [0.1, 0.15) is 18.2 Å². The van der Waals surface area contributed by atoms with Crippen molar-refractivity contribution < 1.29 is 4.74 Å². The van der Waals surface area contributed by atoms with Gasteiger partial charge in [0.1, 0.15) is 5.75 Å². The number of thiocarbonyl (C=S) groups is 1. The van der Waals surface area contributed by atoms with Gasteiger partial charge in [0.2, 0.25) is 0 Å². The molecule has 0 spiro atoms. The molecule has 0 saturated carbocycles. The fourth-order valence-corrected chi connectivity index (χ4v) is 1.88. The summed E-state index contributed by atoms with van der Waals surface area (Å²) >= 11 is 5.16. The van der Waals surface area contributed by atoms with E-state index >= 15 is 0 Å². The van der Waals surface area contributed by atoms with Crippen LogP contribution in [0.4, 0.5) is 5.69 Å². The van der Waals surface area contributed by atoms with Crippen molar-refractivity contribution in [3.63, 3.8) is 0 Å². The van der Waals surface area contributed by atoms with Gasteiger partial charge in [0.15, 0.2) is 5.11 Å². The van der Waals surface area contributed by atoms with E-state index in [1.54, 1.807) is 13.3 Å². The Morgan fingerprint density at radius 1 is 1.27 bits per heavy atom. The van der Waals surface area contributed by atoms with Crippen LogP contribution in [0.5, 0.6) is 5.75 Å². The Kier molecular flexibility index (Phi) is 5.85. The molecule has 0 radical (unpaired) electrons. The van der Waals surface area contributed by atoms with Crippen LogP contribution in [-0.2, 0) is 6.42 Å². The number of anilines is 1. The molecule has 0 aliphatic carbocycles. The van der Waals surface area contributed by atoms with Crippen LogP contribution < -0.4 is 15.5 Å². The molecule has 0 bridgehead atoms. The first-order valence-electron chi connectivity index (χ1n) is 6.90. The van der Waals surface area contributed by atoms with Gasteiger partial charge in [0, 0.05) is 11.9 Å². The summed E-state index contributed by atoms with van der Waals surface area (Å²) in [4.78, 5) is 4.28. The van der Waals surface area contributed by atoms with E-state index < -0.39 is 0 Å². The molecule has 0 amide bonds. The molecule has 2 N–H and O–H groups in total. The van der Waals surface area contributed by atoms with Crippen LogP contribution in [0.2, 0.25) is 0 Å². The predicted molar refractivity (Wildman–Crippen MR) is 93.6 cm³/mol. The lowest BCUT2D eigenvalue weighted by molar-refractivity contribution is 0.415. The maximum absolute atomic E-state index is 5.16. The van der Waals surface area contributed by atoms with E-state index in [2.05, 4.69) is 27.8 Å². The van der Waals surface area contributed by atoms with E-state index in [9.17, 15) is 0 Å². The van der Waals surface area contributed by atoms with Gasteiger partial charge in [-0.2, -0.15) is 5.10 Å². The van der Waals surface area contributed by atoms with Gasteiger partial charge in [-0.1, -0.05) is 13.0 Å². The highest BCUT2D eigenvalue weighted by atomic mass is 32.1. The number of pyridine rings is 1. The van der Waals surface area contributed by atoms with E-state index in [1.807, 2.05) is 42.6 Å². The highest BCUT2D eigenvalue weighted by Gasteiger charge is 1.97. The average molecular weight is 314 g/mol. The number of hydrogen-bond acceptors (Lipinski definition) is 4. The Labute approximate surface area is 135 Å². The maximum atomic E-state index is 5.16. The van der Waals surface area contributed by atoms with Crippen molar-refractivity contribution in [3.8, 4) is 5.75 Å². The molecule has 22 heavy (non-hydrogen) atoms. The smallest absolute Gasteiger partial charge is 0.191 e. The number of hydrazone groups is 1. The summed E-state index contributed by atoms with van der Waals surface area (Å²) in [5, 5.41) is 7.50. The van der Waals surface area contributed by atoms with Crippen molar-refractivity contribution >= 4 is 29.2 Å². The van der Waals surface area contributed by atoms with Gasteiger partial charge < -0.3 is 10.1 Å². The predicted octanol–water partition coefficient (Wildman–Crippen LogP) is 2.97. The fourth-order valence-electron chi connectivity index (χ4n) is 1.71. The summed E-state index contributed by atoms with van der Waals surface area (Å²) in [6.45, 7) is 2.09. The molecule has 1 heterocycles. The van der Waals surface area contributed by atoms with Crippen molar-refractivity contribution in [2.24, 2.45) is 5.10 Å². The normalized spacial score (nSPS) is 10.5. The third-order valence-corrected chi connectivity index (χ3v) is 3.16. The second-order valence-corrected chi connectivity index (χ2v) is 4.91. The molecule has 5 nitrogen and oxygen atoms in total. The number of nitrogens with one attached hydrogen (secondary N) is 2. The summed E-state index contributed by atoms with van der Waals surface area (Å²) in [7, 11) is 1.63. The van der Waals surface area contributed by atoms with Gasteiger partial charge in [0.25, 0.3) is 0 Å². The Hall–Kier alpha value is -2.47. The molecular weight excluding hydrogens is 296 g/mol. The van der Waals surface area contributed by atoms with E-state index in [0.717, 1.165) is 23.6 Å². The highest BCUT2D eigenvalue weighted by molar-refractivity contribution is 7.80. The molecule has 0 fully saturated rings. The Balaban J connectivity index is 1.84. The molecule has 0 aliphatic rings. The van der Waals surface area contributed by atoms with Gasteiger partial charge in [-0.05, 0) is 54.5 Å². The van der Waals surface area contributed by atoms with Crippen LogP contribution in [0, 0.1) is 0 Å². The first-order chi connectivity index (χ1) is 10.7. The Morgan fingerprint density at radius 2 is 2.05 bits per heavy atom. The lowest BCUT2D eigenvalue weighted by Crippen LogP contribution is -2.23. The van der Waals surface area contributed by atoms with Crippen molar-refractivity contribution in [2.75, 3.05) is 12.4 Å². The molecule has 114 valence electrons. The van der Waals surface area contributed by atoms with Crippen molar-refractivity contribution in [1.82, 2.24) is 10.4 Å². The molecular formula is C16H18N4OS. The topological polar surface area (TPSA) is 58.5 Å². The standard InChI is InChI=1S/C16H18N4OS/c1-3-12-4-5-14(17-10-12)11-18-20-16(22)19-13-6-8-15(21-2)9-7-13/h4-11H,3H2,1-2H3,(H2,19,20,22)/b18-11+. The summed E-state index contributed by atoms with van der Waals surface area (Å²) in [6.07, 6.45) is 4.44. The third kappa shape index (κ3) is 4.82. The molecule has 1 aromatic heterocycles. The van der Waals surface area contributed by atoms with Crippen LogP contribution in [0.3, 0.4) is 0 Å². The number of aryl methyl sites for hydroxylation is 1. The third-order valence-electron chi connectivity index (χ3n) is 2.97. The minimum Gasteiger partial charge on any atom is -0.497 e. The SMILES string of the molecule is CCc1ccc(/C=N/NC(=S)Nc2ccc(OC)cc2)nc1. The van der Waals surface area contributed by atoms with Gasteiger partial charge in [-0.15, -0.1) is 0 Å². The van der Waals surface area contributed by atoms with E-state index in [4.69, 9.17) is 17.0 Å². The minimum absolute atomic E-state index is 0.409. The summed E-state index contributed by atoms with van der Waals surface area (Å²) in [6, 6.07) is 11.4. The number of hydrogen-bond donors (Lipinski definition) is 2. The maximum Gasteiger partial charge on any atom is 0.191 e. The summed E-state index contributed by atoms with van der Waals surface area (Å²) < 4.78 is 5.10. The van der Waals surface area contributed by atoms with Crippen molar-refractivity contribution in [3.05, 3.63) is 53.9 Å². The summed E-state index contributed by atoms with van der Waals surface area (Å²) in [5.74, 6) is 0.795. The van der Waals surface area contributed by atoms with Gasteiger partial charge >= 0.3 is 0 Å². The lowest BCUT2D eigenvalue weighted by Gasteiger charge is -2.07. The fraction of sp³-hybridized carbons (Fsp3) is 0.188. The Bertz CT molecular complexity index is 638. The molecule has 0 saturated heterocycles. The number of benzene rings is 1. The number of rotatable bonds is 5. The van der Waals surface area contributed by atoms with Gasteiger partial charge in [-0.3, -0.25) is 10.4 Å². The average Bonchev–Trinajstić information content (AvgIpc) is 2.56. The molecule has 6 heteroatoms. The Morgan fingerprint density at radius 3 is 2.64 bits per heavy atom. The van der Waals surface area contributed by atoms with Gasteiger partial charge in [0.05, 0.1) is 19.0 Å². The lowest BCUT2D eigenvalue weighted by atomic mass is 10.2. The van der Waals surface area contributed by atoms with E-state index in [0.29, 0.717) is 5.11 Å². The van der Waals surface area contributed by atoms with Gasteiger partial charge in [-0.25, -0.2) is 0 Å². The number of aromatic nitrogens is 1. The second-order valence-electron chi connectivity index (χ2n) is 4.50. The van der Waals surface area contributed by atoms with Crippen LogP contribution in [0.15, 0.2) is 47.7 Å². The minimum atomic E-state index is 0.409. The van der Waals surface area contributed by atoms with Crippen LogP contribution in [-0.4, -0.2) is 23.4 Å². The molecule has 2 rings (SSSR count). The van der Waals surface area contributed by atoms with Crippen molar-refractivity contribution in [1.29, 1.82) is 0 Å². The zero-order valence-electron chi connectivity index (χ0n) is 12.5. The number of nitrogens with zero attached hydrogens (tertiary/aromatic N) is 2. The first kappa shape index (κ1) is 15.9. The second kappa shape index (κ2) is 8.09. The van der Waals surface area contributed by atoms with Crippen LogP contribution in [0.25, 0.3) is 0 Å². The highest BCUT2D eigenvalue weighted by Crippen LogP contribution is 2.14.